The summed E-state index contributed by atoms with van der Waals surface area (Å²) in [5.74, 6) is 0. The van der Waals surface area contributed by atoms with Crippen molar-refractivity contribution in [2.75, 3.05) is 19.4 Å². The van der Waals surface area contributed by atoms with Gasteiger partial charge >= 0.3 is 0 Å². The van der Waals surface area contributed by atoms with Gasteiger partial charge in [0.25, 0.3) is 0 Å². The average Bonchev–Trinajstić information content (AvgIpc) is 2.31. The van der Waals surface area contributed by atoms with E-state index in [2.05, 4.69) is 0 Å². The summed E-state index contributed by atoms with van der Waals surface area (Å²) in [5, 5.41) is 9.34. The van der Waals surface area contributed by atoms with Crippen molar-refractivity contribution < 1.29 is 13.5 Å². The van der Waals surface area contributed by atoms with Gasteiger partial charge in [-0.1, -0.05) is 11.6 Å². The normalized spacial score (nSPS) is 13.0. The molecule has 0 heterocycles. The molecule has 0 amide bonds. The number of nitrogens with two attached hydrogens (primary N) is 1. The maximum Gasteiger partial charge on any atom is 0.244 e. The number of aliphatic hydroxyl groups excluding tert-OH is 1. The molecule has 0 spiro atoms. The van der Waals surface area contributed by atoms with E-state index in [0.29, 0.717) is 5.69 Å². The van der Waals surface area contributed by atoms with Crippen LogP contribution < -0.4 is 5.73 Å². The zero-order chi connectivity index (χ0) is 14.1. The highest BCUT2D eigenvalue weighted by Gasteiger charge is 2.34. The van der Waals surface area contributed by atoms with Gasteiger partial charge in [-0.05, 0) is 32.0 Å². The Labute approximate surface area is 112 Å². The van der Waals surface area contributed by atoms with Crippen molar-refractivity contribution in [3.05, 3.63) is 23.2 Å². The Hall–Kier alpha value is -0.820. The zero-order valence-electron chi connectivity index (χ0n) is 10.5. The van der Waals surface area contributed by atoms with Crippen LogP contribution in [0.15, 0.2) is 23.1 Å². The van der Waals surface area contributed by atoms with Crippen LogP contribution in [0.2, 0.25) is 5.02 Å². The summed E-state index contributed by atoms with van der Waals surface area (Å²) in [6.07, 6.45) is 0. The maximum absolute atomic E-state index is 12.4. The van der Waals surface area contributed by atoms with Gasteiger partial charge in [-0.15, -0.1) is 0 Å². The van der Waals surface area contributed by atoms with Crippen molar-refractivity contribution in [1.29, 1.82) is 0 Å². The van der Waals surface area contributed by atoms with E-state index < -0.39 is 15.6 Å². The van der Waals surface area contributed by atoms with Crippen molar-refractivity contribution in [3.8, 4) is 0 Å². The fourth-order valence-electron chi connectivity index (χ4n) is 1.29. The lowest BCUT2D eigenvalue weighted by Crippen LogP contribution is -2.47. The van der Waals surface area contributed by atoms with Gasteiger partial charge in [-0.25, -0.2) is 8.42 Å². The number of aliphatic hydroxyl groups is 1. The second kappa shape index (κ2) is 5.05. The molecule has 18 heavy (non-hydrogen) atoms. The third kappa shape index (κ3) is 2.77. The van der Waals surface area contributed by atoms with E-state index in [4.69, 9.17) is 17.3 Å². The summed E-state index contributed by atoms with van der Waals surface area (Å²) in [5.41, 5.74) is 4.96. The number of nitrogen functional groups attached to an aromatic ring is 1. The van der Waals surface area contributed by atoms with Gasteiger partial charge < -0.3 is 10.8 Å². The topological polar surface area (TPSA) is 83.6 Å². The first kappa shape index (κ1) is 15.2. The molecule has 5 nitrogen and oxygen atoms in total. The smallest absolute Gasteiger partial charge is 0.244 e. The molecular weight excluding hydrogens is 276 g/mol. The average molecular weight is 293 g/mol. The minimum absolute atomic E-state index is 0.0619. The highest BCUT2D eigenvalue weighted by molar-refractivity contribution is 7.89. The monoisotopic (exact) mass is 292 g/mol. The van der Waals surface area contributed by atoms with Gasteiger partial charge in [0, 0.05) is 12.7 Å². The Morgan fingerprint density at radius 2 is 2.00 bits per heavy atom. The van der Waals surface area contributed by atoms with Crippen molar-refractivity contribution >= 4 is 27.3 Å². The molecule has 1 aromatic rings. The molecule has 0 bridgehead atoms. The quantitative estimate of drug-likeness (QED) is 0.820. The predicted molar refractivity (Wildman–Crippen MR) is 72.0 cm³/mol. The van der Waals surface area contributed by atoms with Gasteiger partial charge in [0.2, 0.25) is 10.0 Å². The summed E-state index contributed by atoms with van der Waals surface area (Å²) >= 11 is 5.89. The molecule has 1 aromatic carbocycles. The van der Waals surface area contributed by atoms with Crippen molar-refractivity contribution in [3.63, 3.8) is 0 Å². The van der Waals surface area contributed by atoms with Crippen LogP contribution in [0.5, 0.6) is 0 Å². The van der Waals surface area contributed by atoms with E-state index in [0.717, 1.165) is 4.31 Å². The lowest BCUT2D eigenvalue weighted by molar-refractivity contribution is 0.138. The zero-order valence-corrected chi connectivity index (χ0v) is 12.1. The van der Waals surface area contributed by atoms with E-state index >= 15 is 0 Å². The Bertz CT molecular complexity index is 543. The van der Waals surface area contributed by atoms with Gasteiger partial charge in [-0.3, -0.25) is 0 Å². The molecule has 0 saturated heterocycles. The summed E-state index contributed by atoms with van der Waals surface area (Å²) in [6, 6.07) is 4.27. The number of sulfonamides is 1. The highest BCUT2D eigenvalue weighted by Crippen LogP contribution is 2.29. The second-order valence-corrected chi connectivity index (χ2v) is 6.98. The Kier molecular flexibility index (Phi) is 4.27. The van der Waals surface area contributed by atoms with Gasteiger partial charge in [0.05, 0.1) is 17.2 Å². The standard InChI is InChI=1S/C11H17ClN2O3S/c1-11(2,7-15)14(3)18(16,17)10-6-8(13)4-5-9(10)12/h4-6,15H,7,13H2,1-3H3. The number of rotatable bonds is 4. The molecule has 0 atom stereocenters. The molecule has 7 heteroatoms. The molecule has 0 fully saturated rings. The number of halogens is 1. The molecule has 0 aromatic heterocycles. The summed E-state index contributed by atoms with van der Waals surface area (Å²) in [4.78, 5) is -0.0619. The third-order valence-electron chi connectivity index (χ3n) is 2.83. The van der Waals surface area contributed by atoms with Gasteiger partial charge in [0.1, 0.15) is 4.90 Å². The van der Waals surface area contributed by atoms with E-state index in [1.165, 1.54) is 25.2 Å². The largest absolute Gasteiger partial charge is 0.399 e. The molecule has 0 unspecified atom stereocenters. The Balaban J connectivity index is 3.34. The molecule has 0 saturated carbocycles. The fourth-order valence-corrected chi connectivity index (χ4v) is 3.30. The van der Waals surface area contributed by atoms with Crippen LogP contribution in [0.4, 0.5) is 5.69 Å². The van der Waals surface area contributed by atoms with Crippen LogP contribution in [0.1, 0.15) is 13.8 Å². The third-order valence-corrected chi connectivity index (χ3v) is 5.38. The van der Waals surface area contributed by atoms with Crippen molar-refractivity contribution in [1.82, 2.24) is 4.31 Å². The number of benzene rings is 1. The molecule has 0 aliphatic rings. The predicted octanol–water partition coefficient (Wildman–Crippen LogP) is 1.31. The first-order valence-electron chi connectivity index (χ1n) is 5.28. The van der Waals surface area contributed by atoms with Crippen molar-refractivity contribution in [2.45, 2.75) is 24.3 Å². The lowest BCUT2D eigenvalue weighted by Gasteiger charge is -2.33. The number of anilines is 1. The summed E-state index contributed by atoms with van der Waals surface area (Å²) < 4.78 is 25.9. The van der Waals surface area contributed by atoms with E-state index in [-0.39, 0.29) is 16.5 Å². The summed E-state index contributed by atoms with van der Waals surface area (Å²) in [7, 11) is -2.41. The first-order valence-corrected chi connectivity index (χ1v) is 7.09. The first-order chi connectivity index (χ1) is 8.13. The highest BCUT2D eigenvalue weighted by atomic mass is 35.5. The van der Waals surface area contributed by atoms with Crippen LogP contribution in [0, 0.1) is 0 Å². The lowest BCUT2D eigenvalue weighted by atomic mass is 10.1. The van der Waals surface area contributed by atoms with E-state index in [1.807, 2.05) is 0 Å². The van der Waals surface area contributed by atoms with E-state index in [1.54, 1.807) is 13.8 Å². The van der Waals surface area contributed by atoms with Crippen molar-refractivity contribution in [2.24, 2.45) is 0 Å². The number of likely N-dealkylation sites (N-methyl/N-ethyl adjacent to an activating group) is 1. The van der Waals surface area contributed by atoms with Gasteiger partial charge in [-0.2, -0.15) is 4.31 Å². The Morgan fingerprint density at radius 1 is 1.44 bits per heavy atom. The SMILES string of the molecule is CN(C(C)(C)CO)S(=O)(=O)c1cc(N)ccc1Cl. The minimum Gasteiger partial charge on any atom is -0.399 e. The van der Waals surface area contributed by atoms with Crippen LogP contribution >= 0.6 is 11.6 Å². The van der Waals surface area contributed by atoms with E-state index in [9.17, 15) is 13.5 Å². The molecular formula is C11H17ClN2O3S. The number of hydrogen-bond acceptors (Lipinski definition) is 4. The van der Waals surface area contributed by atoms with Crippen LogP contribution in [-0.2, 0) is 10.0 Å². The molecule has 0 aliphatic heterocycles. The molecule has 0 radical (unpaired) electrons. The number of nitrogens with zero attached hydrogens (tertiary/aromatic N) is 1. The van der Waals surface area contributed by atoms with Crippen LogP contribution in [0.25, 0.3) is 0 Å². The van der Waals surface area contributed by atoms with Gasteiger partial charge in [0.15, 0.2) is 0 Å². The molecule has 102 valence electrons. The maximum atomic E-state index is 12.4. The molecule has 1 rings (SSSR count). The minimum atomic E-state index is -3.80. The van der Waals surface area contributed by atoms with Crippen LogP contribution in [-0.4, -0.2) is 37.0 Å². The summed E-state index contributed by atoms with van der Waals surface area (Å²) in [6.45, 7) is 2.93. The molecule has 0 aliphatic carbocycles. The molecule has 3 N–H and O–H groups in total. The van der Waals surface area contributed by atoms with Crippen LogP contribution in [0.3, 0.4) is 0 Å². The Morgan fingerprint density at radius 3 is 2.50 bits per heavy atom. The number of hydrogen-bond donors (Lipinski definition) is 2. The second-order valence-electron chi connectivity index (χ2n) is 4.63. The fraction of sp³-hybridized carbons (Fsp3) is 0.455.